The van der Waals surface area contributed by atoms with E-state index >= 15 is 0 Å². The van der Waals surface area contributed by atoms with Crippen LogP contribution < -0.4 is 20.1 Å². The van der Waals surface area contributed by atoms with Gasteiger partial charge in [-0.2, -0.15) is 5.26 Å². The third-order valence-corrected chi connectivity index (χ3v) is 3.78. The van der Waals surface area contributed by atoms with Crippen LogP contribution in [0, 0.1) is 21.4 Å². The van der Waals surface area contributed by atoms with E-state index in [9.17, 15) is 20.2 Å². The normalized spacial score (nSPS) is 10.6. The lowest BCUT2D eigenvalue weighted by atomic mass is 10.2. The Kier molecular flexibility index (Phi) is 6.79. The van der Waals surface area contributed by atoms with E-state index in [0.717, 1.165) is 0 Å². The number of nitro benzene ring substituents is 1. The van der Waals surface area contributed by atoms with Crippen molar-refractivity contribution in [2.75, 3.05) is 24.9 Å². The maximum Gasteiger partial charge on any atom is 0.273 e. The first-order valence-electron chi connectivity index (χ1n) is 7.73. The topological polar surface area (TPSA) is 127 Å². The SMILES string of the molecule is COc1ccc(Cl)cc1N/C=C(/C#N)C(=O)Nc1ccc([N+](=O)[O-])cc1OC. The van der Waals surface area contributed by atoms with Crippen LogP contribution in [0.4, 0.5) is 17.1 Å². The standard InChI is InChI=1S/C18H15ClN4O5/c1-27-16-6-3-12(19)7-15(16)21-10-11(9-20)18(24)22-14-5-4-13(23(25)26)8-17(14)28-2/h3-8,10,21H,1-2H3,(H,22,24)/b11-10-. The number of rotatable bonds is 7. The van der Waals surface area contributed by atoms with E-state index in [0.29, 0.717) is 16.5 Å². The Labute approximate surface area is 165 Å². The van der Waals surface area contributed by atoms with E-state index in [4.69, 9.17) is 21.1 Å². The van der Waals surface area contributed by atoms with E-state index in [2.05, 4.69) is 10.6 Å². The molecule has 0 saturated heterocycles. The molecule has 0 aromatic heterocycles. The van der Waals surface area contributed by atoms with Gasteiger partial charge in [0.05, 0.1) is 36.6 Å². The van der Waals surface area contributed by atoms with E-state index in [1.165, 1.54) is 38.6 Å². The van der Waals surface area contributed by atoms with Crippen LogP contribution in [0.15, 0.2) is 48.2 Å². The minimum Gasteiger partial charge on any atom is -0.495 e. The van der Waals surface area contributed by atoms with Crippen molar-refractivity contribution >= 4 is 34.6 Å². The van der Waals surface area contributed by atoms with Gasteiger partial charge in [-0.3, -0.25) is 14.9 Å². The van der Waals surface area contributed by atoms with Gasteiger partial charge in [0.15, 0.2) is 0 Å². The highest BCUT2D eigenvalue weighted by Crippen LogP contribution is 2.30. The highest BCUT2D eigenvalue weighted by molar-refractivity contribution is 6.31. The average molecular weight is 403 g/mol. The van der Waals surface area contributed by atoms with E-state index < -0.39 is 10.8 Å². The van der Waals surface area contributed by atoms with Crippen LogP contribution in [0.5, 0.6) is 11.5 Å². The number of methoxy groups -OCH3 is 2. The van der Waals surface area contributed by atoms with Crippen LogP contribution in [0.25, 0.3) is 0 Å². The second-order valence-corrected chi connectivity index (χ2v) is 5.69. The molecule has 0 unspecified atom stereocenters. The van der Waals surface area contributed by atoms with Crippen molar-refractivity contribution in [3.63, 3.8) is 0 Å². The summed E-state index contributed by atoms with van der Waals surface area (Å²) in [5, 5.41) is 25.8. The van der Waals surface area contributed by atoms with Gasteiger partial charge in [0.1, 0.15) is 23.1 Å². The number of nitro groups is 1. The van der Waals surface area contributed by atoms with Crippen molar-refractivity contribution in [3.8, 4) is 17.6 Å². The average Bonchev–Trinajstić information content (AvgIpc) is 2.68. The summed E-state index contributed by atoms with van der Waals surface area (Å²) < 4.78 is 10.2. The number of nitrogens with zero attached hydrogens (tertiary/aromatic N) is 2. The number of nitriles is 1. The van der Waals surface area contributed by atoms with E-state index in [1.54, 1.807) is 24.3 Å². The second kappa shape index (κ2) is 9.25. The van der Waals surface area contributed by atoms with Crippen LogP contribution in [-0.2, 0) is 4.79 Å². The summed E-state index contributed by atoms with van der Waals surface area (Å²) >= 11 is 5.94. The molecule has 0 aliphatic carbocycles. The molecule has 144 valence electrons. The Morgan fingerprint density at radius 1 is 1.18 bits per heavy atom. The number of hydrogen-bond acceptors (Lipinski definition) is 7. The van der Waals surface area contributed by atoms with Crippen LogP contribution in [0.2, 0.25) is 5.02 Å². The summed E-state index contributed by atoms with van der Waals surface area (Å²) in [4.78, 5) is 22.6. The van der Waals surface area contributed by atoms with Gasteiger partial charge < -0.3 is 20.1 Å². The van der Waals surface area contributed by atoms with Crippen molar-refractivity contribution in [2.24, 2.45) is 0 Å². The maximum absolute atomic E-state index is 12.4. The molecule has 0 fully saturated rings. The minimum atomic E-state index is -0.733. The molecule has 2 N–H and O–H groups in total. The molecule has 0 saturated carbocycles. The summed E-state index contributed by atoms with van der Waals surface area (Å²) in [7, 11) is 2.78. The molecule has 0 aliphatic heterocycles. The van der Waals surface area contributed by atoms with Gasteiger partial charge in [-0.1, -0.05) is 11.6 Å². The monoisotopic (exact) mass is 402 g/mol. The number of benzene rings is 2. The van der Waals surface area contributed by atoms with Crippen molar-refractivity contribution in [1.29, 1.82) is 5.26 Å². The van der Waals surface area contributed by atoms with E-state index in [-0.39, 0.29) is 22.7 Å². The number of nitrogens with one attached hydrogen (secondary N) is 2. The first kappa shape index (κ1) is 20.5. The number of amides is 1. The summed E-state index contributed by atoms with van der Waals surface area (Å²) in [6.45, 7) is 0. The zero-order valence-electron chi connectivity index (χ0n) is 14.9. The highest BCUT2D eigenvalue weighted by atomic mass is 35.5. The van der Waals surface area contributed by atoms with Crippen molar-refractivity contribution in [3.05, 3.63) is 63.3 Å². The van der Waals surface area contributed by atoms with Crippen molar-refractivity contribution < 1.29 is 19.2 Å². The smallest absolute Gasteiger partial charge is 0.273 e. The molecule has 2 rings (SSSR count). The first-order valence-corrected chi connectivity index (χ1v) is 8.11. The third kappa shape index (κ3) is 4.90. The van der Waals surface area contributed by atoms with Gasteiger partial charge in [0, 0.05) is 17.3 Å². The Morgan fingerprint density at radius 2 is 1.89 bits per heavy atom. The fourth-order valence-electron chi connectivity index (χ4n) is 2.18. The third-order valence-electron chi connectivity index (χ3n) is 3.54. The lowest BCUT2D eigenvalue weighted by Gasteiger charge is -2.11. The van der Waals surface area contributed by atoms with Gasteiger partial charge in [0.2, 0.25) is 0 Å². The number of halogens is 1. The van der Waals surface area contributed by atoms with Gasteiger partial charge in [0.25, 0.3) is 11.6 Å². The Balaban J connectivity index is 2.23. The van der Waals surface area contributed by atoms with Crippen LogP contribution >= 0.6 is 11.6 Å². The lowest BCUT2D eigenvalue weighted by Crippen LogP contribution is -2.15. The molecular weight excluding hydrogens is 388 g/mol. The van der Waals surface area contributed by atoms with E-state index in [1.807, 2.05) is 0 Å². The summed E-state index contributed by atoms with van der Waals surface area (Å²) in [6, 6.07) is 10.3. The molecule has 0 aliphatic rings. The number of carbonyl (C=O) groups is 1. The lowest BCUT2D eigenvalue weighted by molar-refractivity contribution is -0.384. The minimum absolute atomic E-state index is 0.0873. The number of non-ortho nitro benzene ring substituents is 1. The molecule has 2 aromatic rings. The molecule has 0 bridgehead atoms. The zero-order chi connectivity index (χ0) is 20.7. The Morgan fingerprint density at radius 3 is 2.50 bits per heavy atom. The fourth-order valence-corrected chi connectivity index (χ4v) is 2.35. The predicted octanol–water partition coefficient (Wildman–Crippen LogP) is 3.72. The summed E-state index contributed by atoms with van der Waals surface area (Å²) in [6.07, 6.45) is 1.20. The second-order valence-electron chi connectivity index (χ2n) is 5.25. The number of hydrogen-bond donors (Lipinski definition) is 2. The fraction of sp³-hybridized carbons (Fsp3) is 0.111. The van der Waals surface area contributed by atoms with Crippen LogP contribution in [0.1, 0.15) is 0 Å². The molecule has 0 atom stereocenters. The van der Waals surface area contributed by atoms with Crippen LogP contribution in [-0.4, -0.2) is 25.1 Å². The number of carbonyl (C=O) groups excluding carboxylic acids is 1. The Bertz CT molecular complexity index is 984. The van der Waals surface area contributed by atoms with Gasteiger partial charge in [-0.25, -0.2) is 0 Å². The molecule has 2 aromatic carbocycles. The molecule has 0 heterocycles. The van der Waals surface area contributed by atoms with Crippen molar-refractivity contribution in [1.82, 2.24) is 0 Å². The van der Waals surface area contributed by atoms with Crippen LogP contribution in [0.3, 0.4) is 0 Å². The number of ether oxygens (including phenoxy) is 2. The largest absolute Gasteiger partial charge is 0.495 e. The van der Waals surface area contributed by atoms with Crippen molar-refractivity contribution in [2.45, 2.75) is 0 Å². The van der Waals surface area contributed by atoms with Gasteiger partial charge >= 0.3 is 0 Å². The molecule has 0 spiro atoms. The quantitative estimate of drug-likeness (QED) is 0.312. The van der Waals surface area contributed by atoms with Gasteiger partial charge in [-0.15, -0.1) is 0 Å². The molecule has 0 radical (unpaired) electrons. The molecule has 9 nitrogen and oxygen atoms in total. The molecule has 10 heteroatoms. The highest BCUT2D eigenvalue weighted by Gasteiger charge is 2.16. The zero-order valence-corrected chi connectivity index (χ0v) is 15.6. The number of anilines is 2. The van der Waals surface area contributed by atoms with Gasteiger partial charge in [-0.05, 0) is 24.3 Å². The molecule has 28 heavy (non-hydrogen) atoms. The predicted molar refractivity (Wildman–Crippen MR) is 104 cm³/mol. The maximum atomic E-state index is 12.4. The summed E-state index contributed by atoms with van der Waals surface area (Å²) in [5.41, 5.74) is 0.200. The molecular formula is C18H15ClN4O5. The first-order chi connectivity index (χ1) is 13.4. The summed E-state index contributed by atoms with van der Waals surface area (Å²) in [5.74, 6) is -0.178. The Hall–Kier alpha value is -3.77. The molecule has 1 amide bonds.